The summed E-state index contributed by atoms with van der Waals surface area (Å²) in [6.07, 6.45) is 0.406. The van der Waals surface area contributed by atoms with Gasteiger partial charge in [-0.2, -0.15) is 0 Å². The van der Waals surface area contributed by atoms with Gasteiger partial charge in [0.2, 0.25) is 12.4 Å². The summed E-state index contributed by atoms with van der Waals surface area (Å²) in [5, 5.41) is 11.1. The molecule has 308 valence electrons. The van der Waals surface area contributed by atoms with Crippen LogP contribution in [0.5, 0.6) is 0 Å². The number of aliphatic hydroxyl groups excluding tert-OH is 1. The average molecular weight is 773 g/mol. The number of methoxy groups -OCH3 is 1. The van der Waals surface area contributed by atoms with Crippen molar-refractivity contribution >= 4 is 29.8 Å². The van der Waals surface area contributed by atoms with Crippen molar-refractivity contribution in [1.82, 2.24) is 0 Å². The third-order valence-electron chi connectivity index (χ3n) is 16.5. The van der Waals surface area contributed by atoms with Gasteiger partial charge in [0, 0.05) is 20.8 Å². The summed E-state index contributed by atoms with van der Waals surface area (Å²) in [7, 11) is 1.12. The largest absolute Gasteiger partial charge is 0.467 e. The summed E-state index contributed by atoms with van der Waals surface area (Å²) in [4.78, 5) is 65.3. The highest BCUT2D eigenvalue weighted by molar-refractivity contribution is 5.79. The SMILES string of the molecule is C=C(C)[C@@H]1CC[C@]2(C(=O)O[C@@H]3O[C@H](C(=O)OC)[C@@H](OC(C)=O)[C@H](OC(C)=O)[C@H]3OC(C)=O)CC[C@]3(C)[C@H](CC[C@@H]4[C@@]5(C)CC[C@H](O)C(C)(C)[C@@H]5CC[C@]43C)[C@@H]12. The van der Waals surface area contributed by atoms with Crippen molar-refractivity contribution in [3.63, 3.8) is 0 Å². The second kappa shape index (κ2) is 14.4. The summed E-state index contributed by atoms with van der Waals surface area (Å²) >= 11 is 0. The summed E-state index contributed by atoms with van der Waals surface area (Å²) in [5.41, 5.74) is 0.00495. The number of carbonyl (C=O) groups excluding carboxylic acids is 5. The van der Waals surface area contributed by atoms with Crippen LogP contribution in [0.2, 0.25) is 0 Å². The van der Waals surface area contributed by atoms with E-state index in [-0.39, 0.29) is 45.5 Å². The van der Waals surface area contributed by atoms with Crippen LogP contribution < -0.4 is 0 Å². The minimum Gasteiger partial charge on any atom is -0.467 e. The predicted molar refractivity (Wildman–Crippen MR) is 198 cm³/mol. The minimum atomic E-state index is -1.68. The van der Waals surface area contributed by atoms with E-state index in [1.165, 1.54) is 0 Å². The highest BCUT2D eigenvalue weighted by Crippen LogP contribution is 2.77. The molecule has 0 radical (unpaired) electrons. The van der Waals surface area contributed by atoms with Gasteiger partial charge in [-0.1, -0.05) is 46.8 Å². The maximum absolute atomic E-state index is 15.1. The van der Waals surface area contributed by atoms with Crippen LogP contribution in [0.3, 0.4) is 0 Å². The van der Waals surface area contributed by atoms with Gasteiger partial charge in [-0.05, 0) is 122 Å². The van der Waals surface area contributed by atoms with Crippen molar-refractivity contribution in [2.75, 3.05) is 7.11 Å². The van der Waals surface area contributed by atoms with Crippen molar-refractivity contribution in [3.8, 4) is 0 Å². The van der Waals surface area contributed by atoms with Crippen LogP contribution in [0, 0.1) is 56.7 Å². The summed E-state index contributed by atoms with van der Waals surface area (Å²) in [6, 6.07) is 0. The van der Waals surface area contributed by atoms with Crippen LogP contribution in [0.4, 0.5) is 0 Å². The van der Waals surface area contributed by atoms with E-state index in [0.717, 1.165) is 84.8 Å². The molecule has 0 spiro atoms. The Morgan fingerprint density at radius 3 is 1.89 bits per heavy atom. The Labute approximate surface area is 326 Å². The normalized spacial score (nSPS) is 45.6. The number of aliphatic hydroxyl groups is 1. The van der Waals surface area contributed by atoms with E-state index < -0.39 is 66.0 Å². The Bertz CT molecular complexity index is 1590. The number of esters is 5. The summed E-state index contributed by atoms with van der Waals surface area (Å²) in [6.45, 7) is 21.9. The zero-order valence-corrected chi connectivity index (χ0v) is 34.6. The summed E-state index contributed by atoms with van der Waals surface area (Å²) < 4.78 is 33.9. The highest BCUT2D eigenvalue weighted by Gasteiger charge is 2.72. The monoisotopic (exact) mass is 772 g/mol. The van der Waals surface area contributed by atoms with Crippen molar-refractivity contribution in [1.29, 1.82) is 0 Å². The van der Waals surface area contributed by atoms with E-state index in [9.17, 15) is 24.3 Å². The lowest BCUT2D eigenvalue weighted by Crippen LogP contribution is -2.67. The fourth-order valence-electron chi connectivity index (χ4n) is 13.9. The van der Waals surface area contributed by atoms with Crippen LogP contribution in [0.15, 0.2) is 12.2 Å². The first-order valence-corrected chi connectivity index (χ1v) is 20.4. The first-order chi connectivity index (χ1) is 25.6. The smallest absolute Gasteiger partial charge is 0.339 e. The number of carbonyl (C=O) groups is 5. The fourth-order valence-corrected chi connectivity index (χ4v) is 13.9. The Balaban J connectivity index is 1.36. The van der Waals surface area contributed by atoms with E-state index in [1.54, 1.807) is 0 Å². The molecule has 12 nitrogen and oxygen atoms in total. The molecule has 0 aromatic rings. The van der Waals surface area contributed by atoms with Crippen LogP contribution in [-0.2, 0) is 52.4 Å². The molecule has 15 atom stereocenters. The van der Waals surface area contributed by atoms with E-state index >= 15 is 4.79 Å². The maximum Gasteiger partial charge on any atom is 0.339 e. The number of fused-ring (bicyclic) bond motifs is 7. The molecule has 6 rings (SSSR count). The van der Waals surface area contributed by atoms with Crippen LogP contribution in [-0.4, -0.2) is 78.9 Å². The molecule has 6 aliphatic rings. The Hall–Kier alpha value is -2.99. The number of allylic oxidation sites excluding steroid dienone is 1. The van der Waals surface area contributed by atoms with Gasteiger partial charge >= 0.3 is 29.8 Å². The summed E-state index contributed by atoms with van der Waals surface area (Å²) in [5.74, 6) is -2.77. The van der Waals surface area contributed by atoms with E-state index in [0.29, 0.717) is 24.7 Å². The molecule has 55 heavy (non-hydrogen) atoms. The zero-order valence-electron chi connectivity index (χ0n) is 34.6. The van der Waals surface area contributed by atoms with Gasteiger partial charge in [0.25, 0.3) is 0 Å². The van der Waals surface area contributed by atoms with Gasteiger partial charge < -0.3 is 33.5 Å². The Morgan fingerprint density at radius 1 is 0.673 bits per heavy atom. The molecule has 0 aromatic carbocycles. The molecule has 0 unspecified atom stereocenters. The molecule has 1 aliphatic heterocycles. The van der Waals surface area contributed by atoms with Crippen molar-refractivity contribution < 1.29 is 57.5 Å². The Kier molecular flexibility index (Phi) is 10.9. The highest BCUT2D eigenvalue weighted by atomic mass is 16.7. The lowest BCUT2D eigenvalue weighted by Gasteiger charge is -2.72. The molecule has 6 fully saturated rings. The molecule has 0 aromatic heterocycles. The second-order valence-corrected chi connectivity index (χ2v) is 19.3. The van der Waals surface area contributed by atoms with Crippen LogP contribution >= 0.6 is 0 Å². The number of hydrogen-bond acceptors (Lipinski definition) is 12. The van der Waals surface area contributed by atoms with Crippen LogP contribution in [0.25, 0.3) is 0 Å². The first-order valence-electron chi connectivity index (χ1n) is 20.4. The molecular weight excluding hydrogens is 708 g/mol. The quantitative estimate of drug-likeness (QED) is 0.177. The molecule has 1 N–H and O–H groups in total. The molecule has 0 bridgehead atoms. The van der Waals surface area contributed by atoms with Gasteiger partial charge in [0.15, 0.2) is 18.3 Å². The van der Waals surface area contributed by atoms with E-state index in [4.69, 9.17) is 28.4 Å². The van der Waals surface area contributed by atoms with Crippen molar-refractivity contribution in [3.05, 3.63) is 12.2 Å². The topological polar surface area (TPSA) is 161 Å². The zero-order chi connectivity index (χ0) is 40.6. The molecule has 0 amide bonds. The van der Waals surface area contributed by atoms with Crippen LogP contribution in [0.1, 0.15) is 127 Å². The minimum absolute atomic E-state index is 0.0153. The first kappa shape index (κ1) is 41.6. The van der Waals surface area contributed by atoms with Gasteiger partial charge in [0.05, 0.1) is 18.6 Å². The third-order valence-corrected chi connectivity index (χ3v) is 16.5. The lowest BCUT2D eigenvalue weighted by atomic mass is 9.32. The van der Waals surface area contributed by atoms with E-state index in [2.05, 4.69) is 41.2 Å². The van der Waals surface area contributed by atoms with Gasteiger partial charge in [-0.3, -0.25) is 19.2 Å². The van der Waals surface area contributed by atoms with Crippen molar-refractivity contribution in [2.45, 2.75) is 163 Å². The van der Waals surface area contributed by atoms with Crippen molar-refractivity contribution in [2.24, 2.45) is 56.7 Å². The van der Waals surface area contributed by atoms with E-state index in [1.807, 2.05) is 6.92 Å². The third kappa shape index (κ3) is 6.43. The number of ether oxygens (including phenoxy) is 6. The van der Waals surface area contributed by atoms with Gasteiger partial charge in [0.1, 0.15) is 0 Å². The molecule has 1 saturated heterocycles. The standard InChI is InChI=1S/C43H64O12/c1-22(2)26-14-19-43(38(49)55-37-35(53-25(5)46)33(52-24(4)45)32(51-23(3)44)34(54-37)36(48)50-11)21-20-41(9)27(31(26)43)12-13-29-40(8)17-16-30(47)39(6,7)28(40)15-18-42(29,41)10/h26-35,37,47H,1,12-21H2,2-11H3/t26-,27+,28-,29+,30-,31+,32-,33-,34-,35+,37-,40-,41+,42+,43-/m0/s1. The molecule has 12 heteroatoms. The molecule has 5 saturated carbocycles. The Morgan fingerprint density at radius 2 is 1.29 bits per heavy atom. The van der Waals surface area contributed by atoms with Gasteiger partial charge in [-0.15, -0.1) is 0 Å². The average Bonchev–Trinajstić information content (AvgIpc) is 3.50. The fraction of sp³-hybridized carbons (Fsp3) is 0.837. The lowest BCUT2D eigenvalue weighted by molar-refractivity contribution is -0.299. The molecule has 1 heterocycles. The maximum atomic E-state index is 15.1. The number of rotatable bonds is 7. The molecule has 5 aliphatic carbocycles. The molecular formula is C43H64O12. The predicted octanol–water partition coefficient (Wildman–Crippen LogP) is 6.24. The van der Waals surface area contributed by atoms with Gasteiger partial charge in [-0.25, -0.2) is 4.79 Å². The number of hydrogen-bond donors (Lipinski definition) is 1. The second-order valence-electron chi connectivity index (χ2n) is 19.3.